The molecule has 0 aromatic carbocycles. The van der Waals surface area contributed by atoms with Crippen LogP contribution in [0.5, 0.6) is 0 Å². The standard InChI is InChI=1S/C12H25NO2S/c1-5-10-16(14,15)13-8-6-11(7-9-13)12(2,3)4/h11H,5-10H2,1-4H3. The zero-order chi connectivity index (χ0) is 12.4. The van der Waals surface area contributed by atoms with Gasteiger partial charge in [-0.15, -0.1) is 0 Å². The predicted octanol–water partition coefficient (Wildman–Crippen LogP) is 2.48. The third kappa shape index (κ3) is 3.45. The quantitative estimate of drug-likeness (QED) is 0.768. The number of rotatable bonds is 3. The number of sulfonamides is 1. The average Bonchev–Trinajstić information content (AvgIpc) is 2.16. The Kier molecular flexibility index (Phi) is 4.41. The summed E-state index contributed by atoms with van der Waals surface area (Å²) in [7, 11) is -2.97. The van der Waals surface area contributed by atoms with Crippen molar-refractivity contribution in [3.63, 3.8) is 0 Å². The highest BCUT2D eigenvalue weighted by atomic mass is 32.2. The molecule has 0 saturated carbocycles. The van der Waals surface area contributed by atoms with E-state index in [-0.39, 0.29) is 0 Å². The molecule has 0 spiro atoms. The lowest BCUT2D eigenvalue weighted by atomic mass is 9.76. The minimum absolute atomic E-state index is 0.299. The lowest BCUT2D eigenvalue weighted by Crippen LogP contribution is -2.42. The molecule has 1 saturated heterocycles. The zero-order valence-electron chi connectivity index (χ0n) is 11.0. The van der Waals surface area contributed by atoms with Crippen molar-refractivity contribution in [1.29, 1.82) is 0 Å². The number of piperidine rings is 1. The van der Waals surface area contributed by atoms with Gasteiger partial charge in [-0.05, 0) is 30.6 Å². The first-order chi connectivity index (χ1) is 7.27. The van der Waals surface area contributed by atoms with Gasteiger partial charge in [0.05, 0.1) is 5.75 Å². The first kappa shape index (κ1) is 14.0. The van der Waals surface area contributed by atoms with E-state index in [0.29, 0.717) is 36.6 Å². The van der Waals surface area contributed by atoms with Crippen molar-refractivity contribution in [1.82, 2.24) is 4.31 Å². The van der Waals surface area contributed by atoms with Crippen molar-refractivity contribution in [3.05, 3.63) is 0 Å². The van der Waals surface area contributed by atoms with Gasteiger partial charge in [0, 0.05) is 13.1 Å². The number of hydrogen-bond donors (Lipinski definition) is 0. The monoisotopic (exact) mass is 247 g/mol. The molecule has 16 heavy (non-hydrogen) atoms. The Labute approximate surface area is 100 Å². The topological polar surface area (TPSA) is 37.4 Å². The van der Waals surface area contributed by atoms with E-state index >= 15 is 0 Å². The molecule has 0 amide bonds. The summed E-state index contributed by atoms with van der Waals surface area (Å²) < 4.78 is 25.4. The van der Waals surface area contributed by atoms with Crippen LogP contribution in [-0.2, 0) is 10.0 Å². The third-order valence-electron chi connectivity index (χ3n) is 3.53. The van der Waals surface area contributed by atoms with Gasteiger partial charge in [0.25, 0.3) is 0 Å². The molecule has 0 aromatic heterocycles. The Morgan fingerprint density at radius 1 is 1.19 bits per heavy atom. The summed E-state index contributed by atoms with van der Waals surface area (Å²) in [6, 6.07) is 0. The smallest absolute Gasteiger partial charge is 0.212 e. The summed E-state index contributed by atoms with van der Waals surface area (Å²) in [5.74, 6) is 0.952. The van der Waals surface area contributed by atoms with Gasteiger partial charge in [-0.25, -0.2) is 12.7 Å². The summed E-state index contributed by atoms with van der Waals surface area (Å²) in [6.45, 7) is 10.1. The molecular weight excluding hydrogens is 222 g/mol. The molecule has 0 aromatic rings. The molecular formula is C12H25NO2S. The van der Waals surface area contributed by atoms with E-state index in [4.69, 9.17) is 0 Å². The molecule has 0 aliphatic carbocycles. The Morgan fingerprint density at radius 2 is 1.69 bits per heavy atom. The molecule has 0 radical (unpaired) electrons. The second-order valence-electron chi connectivity index (χ2n) is 5.86. The molecule has 1 rings (SSSR count). The molecule has 3 nitrogen and oxygen atoms in total. The highest BCUT2D eigenvalue weighted by Gasteiger charge is 2.32. The normalized spacial score (nSPS) is 21.2. The van der Waals surface area contributed by atoms with Gasteiger partial charge in [-0.3, -0.25) is 0 Å². The summed E-state index contributed by atoms with van der Waals surface area (Å²) in [4.78, 5) is 0. The van der Waals surface area contributed by atoms with E-state index in [1.807, 2.05) is 6.92 Å². The summed E-state index contributed by atoms with van der Waals surface area (Å²) in [6.07, 6.45) is 2.72. The lowest BCUT2D eigenvalue weighted by molar-refractivity contribution is 0.154. The van der Waals surface area contributed by atoms with Crippen LogP contribution in [0, 0.1) is 11.3 Å². The third-order valence-corrected chi connectivity index (χ3v) is 5.61. The van der Waals surface area contributed by atoms with Crippen LogP contribution in [0.3, 0.4) is 0 Å². The Bertz CT molecular complexity index is 308. The molecule has 0 bridgehead atoms. The van der Waals surface area contributed by atoms with Crippen LogP contribution >= 0.6 is 0 Å². The van der Waals surface area contributed by atoms with Crippen LogP contribution in [0.25, 0.3) is 0 Å². The highest BCUT2D eigenvalue weighted by Crippen LogP contribution is 2.34. The van der Waals surface area contributed by atoms with Crippen LogP contribution in [0.1, 0.15) is 47.0 Å². The summed E-state index contributed by atoms with van der Waals surface area (Å²) in [5, 5.41) is 0. The maximum Gasteiger partial charge on any atom is 0.214 e. The summed E-state index contributed by atoms with van der Waals surface area (Å²) in [5.41, 5.74) is 0.306. The van der Waals surface area contributed by atoms with Gasteiger partial charge in [0.1, 0.15) is 0 Å². The molecule has 96 valence electrons. The fourth-order valence-corrected chi connectivity index (χ4v) is 3.93. The maximum atomic E-state index is 11.9. The predicted molar refractivity (Wildman–Crippen MR) is 67.8 cm³/mol. The van der Waals surface area contributed by atoms with Crippen molar-refractivity contribution in [2.24, 2.45) is 11.3 Å². The largest absolute Gasteiger partial charge is 0.214 e. The molecule has 1 aliphatic rings. The van der Waals surface area contributed by atoms with Gasteiger partial charge in [0.15, 0.2) is 0 Å². The molecule has 1 aliphatic heterocycles. The number of nitrogens with zero attached hydrogens (tertiary/aromatic N) is 1. The van der Waals surface area contributed by atoms with Gasteiger partial charge in [-0.1, -0.05) is 27.7 Å². The molecule has 1 fully saturated rings. The first-order valence-electron chi connectivity index (χ1n) is 6.25. The maximum absolute atomic E-state index is 11.9. The van der Waals surface area contributed by atoms with Crippen molar-refractivity contribution in [2.75, 3.05) is 18.8 Å². The van der Waals surface area contributed by atoms with E-state index in [9.17, 15) is 8.42 Å². The van der Waals surface area contributed by atoms with Crippen LogP contribution in [0.15, 0.2) is 0 Å². The van der Waals surface area contributed by atoms with Gasteiger partial charge in [-0.2, -0.15) is 0 Å². The zero-order valence-corrected chi connectivity index (χ0v) is 11.8. The second kappa shape index (κ2) is 5.05. The molecule has 1 heterocycles. The molecule has 0 N–H and O–H groups in total. The second-order valence-corrected chi connectivity index (χ2v) is 7.94. The molecule has 4 heteroatoms. The van der Waals surface area contributed by atoms with E-state index in [0.717, 1.165) is 12.8 Å². The fourth-order valence-electron chi connectivity index (χ4n) is 2.39. The minimum atomic E-state index is -2.97. The molecule has 0 atom stereocenters. The van der Waals surface area contributed by atoms with E-state index in [1.54, 1.807) is 4.31 Å². The Balaban J connectivity index is 2.56. The highest BCUT2D eigenvalue weighted by molar-refractivity contribution is 7.89. The van der Waals surface area contributed by atoms with Crippen LogP contribution in [0.4, 0.5) is 0 Å². The van der Waals surface area contributed by atoms with Crippen molar-refractivity contribution < 1.29 is 8.42 Å². The first-order valence-corrected chi connectivity index (χ1v) is 7.86. The SMILES string of the molecule is CCCS(=O)(=O)N1CCC(C(C)(C)C)CC1. The molecule has 0 unspecified atom stereocenters. The van der Waals surface area contributed by atoms with Gasteiger partial charge in [0.2, 0.25) is 10.0 Å². The average molecular weight is 247 g/mol. The van der Waals surface area contributed by atoms with E-state index < -0.39 is 10.0 Å². The van der Waals surface area contributed by atoms with Crippen molar-refractivity contribution in [2.45, 2.75) is 47.0 Å². The lowest BCUT2D eigenvalue weighted by Gasteiger charge is -2.38. The minimum Gasteiger partial charge on any atom is -0.212 e. The van der Waals surface area contributed by atoms with Crippen LogP contribution in [0.2, 0.25) is 0 Å². The van der Waals surface area contributed by atoms with Crippen LogP contribution in [-0.4, -0.2) is 31.6 Å². The summed E-state index contributed by atoms with van der Waals surface area (Å²) >= 11 is 0. The van der Waals surface area contributed by atoms with E-state index in [2.05, 4.69) is 20.8 Å². The van der Waals surface area contributed by atoms with Crippen molar-refractivity contribution in [3.8, 4) is 0 Å². The Morgan fingerprint density at radius 3 is 2.06 bits per heavy atom. The van der Waals surface area contributed by atoms with Gasteiger partial charge >= 0.3 is 0 Å². The van der Waals surface area contributed by atoms with Crippen molar-refractivity contribution >= 4 is 10.0 Å². The van der Waals surface area contributed by atoms with Crippen LogP contribution < -0.4 is 0 Å². The Hall–Kier alpha value is -0.0900. The van der Waals surface area contributed by atoms with Gasteiger partial charge < -0.3 is 0 Å². The fraction of sp³-hybridized carbons (Fsp3) is 1.00. The van der Waals surface area contributed by atoms with E-state index in [1.165, 1.54) is 0 Å². The number of hydrogen-bond acceptors (Lipinski definition) is 2.